The van der Waals surface area contributed by atoms with E-state index in [0.717, 1.165) is 12.0 Å². The van der Waals surface area contributed by atoms with Crippen molar-refractivity contribution in [2.75, 3.05) is 11.3 Å². The molecule has 1 aromatic carbocycles. The zero-order valence-corrected chi connectivity index (χ0v) is 11.9. The summed E-state index contributed by atoms with van der Waals surface area (Å²) in [6.45, 7) is 2.52. The van der Waals surface area contributed by atoms with Crippen molar-refractivity contribution in [1.29, 1.82) is 0 Å². The van der Waals surface area contributed by atoms with E-state index in [1.54, 1.807) is 6.92 Å². The number of nitrogens with zero attached hydrogens (tertiary/aromatic N) is 2. The van der Waals surface area contributed by atoms with E-state index in [1.807, 2.05) is 24.3 Å². The van der Waals surface area contributed by atoms with Crippen LogP contribution in [0.15, 0.2) is 35.0 Å². The molecule has 6 nitrogen and oxygen atoms in total. The Labute approximate surface area is 117 Å². The first-order valence-corrected chi connectivity index (χ1v) is 7.76. The summed E-state index contributed by atoms with van der Waals surface area (Å²) in [6, 6.07) is 7.90. The molecule has 0 unspecified atom stereocenters. The van der Waals surface area contributed by atoms with Gasteiger partial charge in [-0.3, -0.25) is 4.72 Å². The standard InChI is InChI=1S/C13H15N3O3S/c1-10-13(8-14-19-10)15-20(17,18)16-7-6-11-4-2-3-5-12(11)9-16/h2-5,8,15H,6-7,9H2,1H3. The first-order valence-electron chi connectivity index (χ1n) is 6.32. The fourth-order valence-electron chi connectivity index (χ4n) is 2.27. The number of fused-ring (bicyclic) bond motifs is 1. The van der Waals surface area contributed by atoms with Crippen molar-refractivity contribution in [1.82, 2.24) is 9.46 Å². The fourth-order valence-corrected chi connectivity index (χ4v) is 3.52. The van der Waals surface area contributed by atoms with Crippen LogP contribution in [0.4, 0.5) is 5.69 Å². The van der Waals surface area contributed by atoms with E-state index in [4.69, 9.17) is 4.52 Å². The Bertz CT molecular complexity index is 724. The quantitative estimate of drug-likeness (QED) is 0.934. The number of aromatic nitrogens is 1. The normalized spacial score (nSPS) is 15.8. The number of hydrogen-bond acceptors (Lipinski definition) is 4. The summed E-state index contributed by atoms with van der Waals surface area (Å²) >= 11 is 0. The lowest BCUT2D eigenvalue weighted by atomic mass is 10.0. The highest BCUT2D eigenvalue weighted by molar-refractivity contribution is 7.90. The highest BCUT2D eigenvalue weighted by Gasteiger charge is 2.27. The van der Waals surface area contributed by atoms with Crippen LogP contribution in [-0.2, 0) is 23.2 Å². The lowest BCUT2D eigenvalue weighted by Crippen LogP contribution is -2.39. The lowest BCUT2D eigenvalue weighted by molar-refractivity contribution is 0.393. The molecule has 1 aliphatic heterocycles. The van der Waals surface area contributed by atoms with Crippen molar-refractivity contribution >= 4 is 15.9 Å². The number of hydrogen-bond donors (Lipinski definition) is 1. The van der Waals surface area contributed by atoms with Crippen LogP contribution in [0.1, 0.15) is 16.9 Å². The van der Waals surface area contributed by atoms with Crippen LogP contribution in [-0.4, -0.2) is 24.4 Å². The SMILES string of the molecule is Cc1oncc1NS(=O)(=O)N1CCc2ccccc2C1. The van der Waals surface area contributed by atoms with Gasteiger partial charge in [-0.2, -0.15) is 12.7 Å². The van der Waals surface area contributed by atoms with Gasteiger partial charge in [0, 0.05) is 13.1 Å². The van der Waals surface area contributed by atoms with E-state index in [-0.39, 0.29) is 0 Å². The maximum absolute atomic E-state index is 12.4. The van der Waals surface area contributed by atoms with Crippen LogP contribution in [0.2, 0.25) is 0 Å². The molecule has 0 radical (unpaired) electrons. The average molecular weight is 293 g/mol. The van der Waals surface area contributed by atoms with E-state index < -0.39 is 10.2 Å². The van der Waals surface area contributed by atoms with Crippen molar-refractivity contribution in [3.63, 3.8) is 0 Å². The van der Waals surface area contributed by atoms with Crippen molar-refractivity contribution in [3.05, 3.63) is 47.3 Å². The third kappa shape index (κ3) is 2.41. The van der Waals surface area contributed by atoms with Crippen molar-refractivity contribution in [2.45, 2.75) is 19.9 Å². The molecule has 1 N–H and O–H groups in total. The lowest BCUT2D eigenvalue weighted by Gasteiger charge is -2.28. The maximum atomic E-state index is 12.4. The van der Waals surface area contributed by atoms with Gasteiger partial charge in [0.1, 0.15) is 5.69 Å². The zero-order chi connectivity index (χ0) is 14.2. The smallest absolute Gasteiger partial charge is 0.302 e. The predicted octanol–water partition coefficient (Wildman–Crippen LogP) is 1.70. The van der Waals surface area contributed by atoms with Gasteiger partial charge in [-0.05, 0) is 24.5 Å². The van der Waals surface area contributed by atoms with Gasteiger partial charge in [0.05, 0.1) is 6.20 Å². The molecule has 0 spiro atoms. The van der Waals surface area contributed by atoms with Gasteiger partial charge in [-0.15, -0.1) is 0 Å². The average Bonchev–Trinajstić information content (AvgIpc) is 2.83. The topological polar surface area (TPSA) is 75.4 Å². The Morgan fingerprint density at radius 1 is 1.30 bits per heavy atom. The molecule has 0 aliphatic carbocycles. The summed E-state index contributed by atoms with van der Waals surface area (Å²) in [4.78, 5) is 0. The van der Waals surface area contributed by atoms with Crippen LogP contribution in [0.3, 0.4) is 0 Å². The Morgan fingerprint density at radius 3 is 2.75 bits per heavy atom. The molecule has 1 aromatic heterocycles. The molecule has 0 saturated heterocycles. The molecule has 106 valence electrons. The Morgan fingerprint density at radius 2 is 2.05 bits per heavy atom. The number of aryl methyl sites for hydroxylation is 1. The van der Waals surface area contributed by atoms with Gasteiger partial charge in [-0.25, -0.2) is 0 Å². The summed E-state index contributed by atoms with van der Waals surface area (Å²) < 4.78 is 33.5. The molecular formula is C13H15N3O3S. The van der Waals surface area contributed by atoms with Gasteiger partial charge >= 0.3 is 10.2 Å². The molecule has 0 saturated carbocycles. The fraction of sp³-hybridized carbons (Fsp3) is 0.308. The van der Waals surface area contributed by atoms with E-state index in [0.29, 0.717) is 24.5 Å². The maximum Gasteiger partial charge on any atom is 0.302 e. The second kappa shape index (κ2) is 4.92. The number of nitrogens with one attached hydrogen (secondary N) is 1. The largest absolute Gasteiger partial charge is 0.359 e. The van der Waals surface area contributed by atoms with Gasteiger partial charge < -0.3 is 4.52 Å². The first-order chi connectivity index (χ1) is 9.56. The predicted molar refractivity (Wildman–Crippen MR) is 74.3 cm³/mol. The van der Waals surface area contributed by atoms with Crippen molar-refractivity contribution in [2.24, 2.45) is 0 Å². The summed E-state index contributed by atoms with van der Waals surface area (Å²) in [5.74, 6) is 0.450. The van der Waals surface area contributed by atoms with Crippen LogP contribution in [0, 0.1) is 6.92 Å². The third-order valence-corrected chi connectivity index (χ3v) is 4.89. The molecule has 3 rings (SSSR count). The van der Waals surface area contributed by atoms with E-state index in [9.17, 15) is 8.42 Å². The van der Waals surface area contributed by atoms with Gasteiger partial charge in [0.2, 0.25) is 0 Å². The minimum absolute atomic E-state index is 0.379. The molecule has 0 bridgehead atoms. The van der Waals surface area contributed by atoms with Gasteiger partial charge in [-0.1, -0.05) is 29.4 Å². The molecular weight excluding hydrogens is 278 g/mol. The van der Waals surface area contributed by atoms with Crippen LogP contribution < -0.4 is 4.72 Å². The highest BCUT2D eigenvalue weighted by Crippen LogP contribution is 2.23. The van der Waals surface area contributed by atoms with E-state index in [1.165, 1.54) is 16.1 Å². The summed E-state index contributed by atoms with van der Waals surface area (Å²) in [5.41, 5.74) is 2.63. The molecule has 0 fully saturated rings. The molecule has 0 amide bonds. The molecule has 2 heterocycles. The summed E-state index contributed by atoms with van der Waals surface area (Å²) in [7, 11) is -3.59. The summed E-state index contributed by atoms with van der Waals surface area (Å²) in [5, 5.41) is 3.57. The van der Waals surface area contributed by atoms with Crippen molar-refractivity contribution in [3.8, 4) is 0 Å². The number of benzene rings is 1. The third-order valence-electron chi connectivity index (χ3n) is 3.43. The molecule has 7 heteroatoms. The second-order valence-electron chi connectivity index (χ2n) is 4.76. The van der Waals surface area contributed by atoms with Crippen LogP contribution in [0.25, 0.3) is 0 Å². The minimum Gasteiger partial charge on any atom is -0.359 e. The number of rotatable bonds is 3. The van der Waals surface area contributed by atoms with Gasteiger partial charge in [0.15, 0.2) is 5.76 Å². The molecule has 20 heavy (non-hydrogen) atoms. The highest BCUT2D eigenvalue weighted by atomic mass is 32.2. The minimum atomic E-state index is -3.59. The Balaban J connectivity index is 1.82. The van der Waals surface area contributed by atoms with Crippen molar-refractivity contribution < 1.29 is 12.9 Å². The van der Waals surface area contributed by atoms with Crippen LogP contribution >= 0.6 is 0 Å². The second-order valence-corrected chi connectivity index (χ2v) is 6.43. The Hall–Kier alpha value is -1.86. The molecule has 2 aromatic rings. The van der Waals surface area contributed by atoms with E-state index >= 15 is 0 Å². The summed E-state index contributed by atoms with van der Waals surface area (Å²) in [6.07, 6.45) is 2.09. The molecule has 0 atom stereocenters. The molecule has 1 aliphatic rings. The first kappa shape index (κ1) is 13.1. The van der Waals surface area contributed by atoms with Gasteiger partial charge in [0.25, 0.3) is 0 Å². The monoisotopic (exact) mass is 293 g/mol. The van der Waals surface area contributed by atoms with E-state index in [2.05, 4.69) is 9.88 Å². The van der Waals surface area contributed by atoms with Crippen LogP contribution in [0.5, 0.6) is 0 Å². The zero-order valence-electron chi connectivity index (χ0n) is 11.0. The Kier molecular flexibility index (Phi) is 3.23. The number of anilines is 1.